The molecule has 0 amide bonds. The summed E-state index contributed by atoms with van der Waals surface area (Å²) in [5, 5.41) is 4.16. The average molecular weight is 327 g/mol. The average Bonchev–Trinajstić information content (AvgIpc) is 2.82. The van der Waals surface area contributed by atoms with E-state index in [0.29, 0.717) is 12.8 Å². The van der Waals surface area contributed by atoms with Crippen molar-refractivity contribution in [1.29, 1.82) is 0 Å². The molecule has 0 aliphatic heterocycles. The van der Waals surface area contributed by atoms with Gasteiger partial charge in [-0.2, -0.15) is 5.10 Å². The summed E-state index contributed by atoms with van der Waals surface area (Å²) < 4.78 is 53.8. The molecule has 5 nitrogen and oxygen atoms in total. The highest BCUT2D eigenvalue weighted by molar-refractivity contribution is 7.88. The van der Waals surface area contributed by atoms with Gasteiger partial charge in [0, 0.05) is 17.3 Å². The first-order valence-corrected chi connectivity index (χ1v) is 8.74. The third kappa shape index (κ3) is 2.89. The van der Waals surface area contributed by atoms with E-state index in [1.54, 1.807) is 6.20 Å². The molecule has 0 radical (unpaired) electrons. The molecule has 3 rings (SSSR count). The largest absolute Gasteiger partial charge is 0.234 e. The summed E-state index contributed by atoms with van der Waals surface area (Å²) in [4.78, 5) is 0. The first kappa shape index (κ1) is 15.1. The summed E-state index contributed by atoms with van der Waals surface area (Å²) in [7, 11) is -3.35. The second kappa shape index (κ2) is 5.44. The normalized spacial score (nSPS) is 18.2. The molecule has 1 unspecified atom stereocenters. The van der Waals surface area contributed by atoms with Gasteiger partial charge in [-0.1, -0.05) is 0 Å². The summed E-state index contributed by atoms with van der Waals surface area (Å²) >= 11 is 0. The highest BCUT2D eigenvalue weighted by Crippen LogP contribution is 2.32. The highest BCUT2D eigenvalue weighted by atomic mass is 32.2. The van der Waals surface area contributed by atoms with Gasteiger partial charge in [-0.3, -0.25) is 0 Å². The summed E-state index contributed by atoms with van der Waals surface area (Å²) in [5.74, 6) is -1.36. The Balaban J connectivity index is 2.03. The first-order valence-electron chi connectivity index (χ1n) is 6.84. The Morgan fingerprint density at radius 2 is 2.14 bits per heavy atom. The van der Waals surface area contributed by atoms with Crippen molar-refractivity contribution in [2.24, 2.45) is 0 Å². The van der Waals surface area contributed by atoms with Crippen LogP contribution in [0.4, 0.5) is 8.78 Å². The van der Waals surface area contributed by atoms with Gasteiger partial charge in [-0.25, -0.2) is 26.6 Å². The Bertz CT molecular complexity index is 817. The van der Waals surface area contributed by atoms with Crippen LogP contribution in [0.15, 0.2) is 24.4 Å². The van der Waals surface area contributed by atoms with Gasteiger partial charge in [-0.15, -0.1) is 0 Å². The maximum Gasteiger partial charge on any atom is 0.209 e. The second-order valence-electron chi connectivity index (χ2n) is 5.39. The van der Waals surface area contributed by atoms with Gasteiger partial charge in [0.25, 0.3) is 0 Å². The summed E-state index contributed by atoms with van der Waals surface area (Å²) in [5.41, 5.74) is 1.64. The second-order valence-corrected chi connectivity index (χ2v) is 7.17. The van der Waals surface area contributed by atoms with Crippen molar-refractivity contribution < 1.29 is 17.2 Å². The lowest BCUT2D eigenvalue weighted by Gasteiger charge is -2.23. The zero-order valence-electron chi connectivity index (χ0n) is 11.9. The molecule has 1 atom stereocenters. The molecule has 0 saturated carbocycles. The summed E-state index contributed by atoms with van der Waals surface area (Å²) in [6.07, 6.45) is 4.73. The number of aromatic nitrogens is 2. The van der Waals surface area contributed by atoms with E-state index in [1.165, 1.54) is 16.8 Å². The van der Waals surface area contributed by atoms with E-state index in [0.717, 1.165) is 30.0 Å². The lowest BCUT2D eigenvalue weighted by molar-refractivity contribution is 0.502. The number of sulfonamides is 1. The smallest absolute Gasteiger partial charge is 0.209 e. The Kier molecular flexibility index (Phi) is 3.73. The van der Waals surface area contributed by atoms with Crippen molar-refractivity contribution >= 4 is 10.0 Å². The van der Waals surface area contributed by atoms with Gasteiger partial charge >= 0.3 is 0 Å². The summed E-state index contributed by atoms with van der Waals surface area (Å²) in [6, 6.07) is 2.93. The molecule has 0 spiro atoms. The van der Waals surface area contributed by atoms with Gasteiger partial charge < -0.3 is 0 Å². The van der Waals surface area contributed by atoms with Crippen LogP contribution >= 0.6 is 0 Å². The SMILES string of the molecule is CS(=O)(=O)NC1CCCc2c1cnn2-c1ccc(F)cc1F. The Morgan fingerprint density at radius 3 is 2.82 bits per heavy atom. The number of hydrogen-bond donors (Lipinski definition) is 1. The molecular formula is C14H15F2N3O2S. The van der Waals surface area contributed by atoms with E-state index >= 15 is 0 Å². The highest BCUT2D eigenvalue weighted by Gasteiger charge is 2.27. The number of fused-ring (bicyclic) bond motifs is 1. The Morgan fingerprint density at radius 1 is 1.36 bits per heavy atom. The summed E-state index contributed by atoms with van der Waals surface area (Å²) in [6.45, 7) is 0. The van der Waals surface area contributed by atoms with E-state index in [2.05, 4.69) is 9.82 Å². The van der Waals surface area contributed by atoms with Crippen LogP contribution in [0.25, 0.3) is 5.69 Å². The number of benzene rings is 1. The molecule has 1 aromatic carbocycles. The molecule has 118 valence electrons. The van der Waals surface area contributed by atoms with Crippen LogP contribution in [-0.4, -0.2) is 24.5 Å². The molecule has 0 bridgehead atoms. The minimum absolute atomic E-state index is 0.155. The lowest BCUT2D eigenvalue weighted by atomic mass is 9.94. The van der Waals surface area contributed by atoms with Gasteiger partial charge in [0.2, 0.25) is 10.0 Å². The minimum Gasteiger partial charge on any atom is -0.234 e. The van der Waals surface area contributed by atoms with Crippen molar-refractivity contribution in [2.45, 2.75) is 25.3 Å². The number of halogens is 2. The van der Waals surface area contributed by atoms with Crippen LogP contribution < -0.4 is 4.72 Å². The maximum absolute atomic E-state index is 13.9. The molecule has 1 heterocycles. The number of nitrogens with zero attached hydrogens (tertiary/aromatic N) is 2. The predicted molar refractivity (Wildman–Crippen MR) is 77.1 cm³/mol. The van der Waals surface area contributed by atoms with Gasteiger partial charge in [0.1, 0.15) is 11.5 Å². The fourth-order valence-electron chi connectivity index (χ4n) is 2.80. The molecule has 1 aromatic heterocycles. The van der Waals surface area contributed by atoms with Crippen molar-refractivity contribution in [2.75, 3.05) is 6.26 Å². The molecule has 1 aliphatic carbocycles. The van der Waals surface area contributed by atoms with Crippen LogP contribution in [0.2, 0.25) is 0 Å². The number of nitrogens with one attached hydrogen (secondary N) is 1. The third-order valence-electron chi connectivity index (χ3n) is 3.68. The van der Waals surface area contributed by atoms with Crippen LogP contribution in [-0.2, 0) is 16.4 Å². The maximum atomic E-state index is 13.9. The van der Waals surface area contributed by atoms with Crippen LogP contribution in [0.5, 0.6) is 0 Å². The number of rotatable bonds is 3. The third-order valence-corrected chi connectivity index (χ3v) is 4.39. The van der Waals surface area contributed by atoms with Crippen LogP contribution in [0.1, 0.15) is 30.1 Å². The quantitative estimate of drug-likeness (QED) is 0.939. The zero-order valence-corrected chi connectivity index (χ0v) is 12.7. The first-order chi connectivity index (χ1) is 10.3. The van der Waals surface area contributed by atoms with Gasteiger partial charge in [-0.05, 0) is 31.4 Å². The van der Waals surface area contributed by atoms with Gasteiger partial charge in [0.05, 0.1) is 18.5 Å². The Labute approximate surface area is 127 Å². The van der Waals surface area contributed by atoms with Gasteiger partial charge in [0.15, 0.2) is 5.82 Å². The molecule has 8 heteroatoms. The molecule has 1 aliphatic rings. The monoisotopic (exact) mass is 327 g/mol. The van der Waals surface area contributed by atoms with E-state index < -0.39 is 21.7 Å². The number of hydrogen-bond acceptors (Lipinski definition) is 3. The molecule has 0 saturated heterocycles. The van der Waals surface area contributed by atoms with Crippen LogP contribution in [0, 0.1) is 11.6 Å². The molecule has 22 heavy (non-hydrogen) atoms. The molecule has 1 N–H and O–H groups in total. The van der Waals surface area contributed by atoms with Crippen molar-refractivity contribution in [3.63, 3.8) is 0 Å². The van der Waals surface area contributed by atoms with E-state index in [-0.39, 0.29) is 11.7 Å². The standard InChI is InChI=1S/C14H15F2N3O2S/c1-22(20,21)18-12-3-2-4-13-10(12)8-17-19(13)14-6-5-9(15)7-11(14)16/h5-8,12,18H,2-4H2,1H3. The fourth-order valence-corrected chi connectivity index (χ4v) is 3.56. The Hall–Kier alpha value is -1.80. The van der Waals surface area contributed by atoms with Crippen LogP contribution in [0.3, 0.4) is 0 Å². The van der Waals surface area contributed by atoms with Crippen molar-refractivity contribution in [3.05, 3.63) is 47.3 Å². The molecule has 0 fully saturated rings. The van der Waals surface area contributed by atoms with E-state index in [9.17, 15) is 17.2 Å². The minimum atomic E-state index is -3.35. The topological polar surface area (TPSA) is 64.0 Å². The van der Waals surface area contributed by atoms with E-state index in [4.69, 9.17) is 0 Å². The van der Waals surface area contributed by atoms with Crippen molar-refractivity contribution in [1.82, 2.24) is 14.5 Å². The fraction of sp³-hybridized carbons (Fsp3) is 0.357. The predicted octanol–water partition coefficient (Wildman–Crippen LogP) is 2.08. The molecule has 2 aromatic rings. The van der Waals surface area contributed by atoms with E-state index in [1.807, 2.05) is 0 Å². The zero-order chi connectivity index (χ0) is 15.9. The van der Waals surface area contributed by atoms with Crippen molar-refractivity contribution in [3.8, 4) is 5.69 Å². The lowest BCUT2D eigenvalue weighted by Crippen LogP contribution is -2.30. The molecular weight excluding hydrogens is 312 g/mol.